The SMILES string of the molecule is Cc1ccc(NC(=O)Cc2csc(-c3ccc(F)cc3)n2)c(Br)c1. The summed E-state index contributed by atoms with van der Waals surface area (Å²) in [6, 6.07) is 11.9. The largest absolute Gasteiger partial charge is 0.325 e. The first-order valence-corrected chi connectivity index (χ1v) is 8.95. The summed E-state index contributed by atoms with van der Waals surface area (Å²) in [5.74, 6) is -0.408. The molecule has 1 heterocycles. The number of hydrogen-bond acceptors (Lipinski definition) is 3. The molecular formula is C18H14BrFN2OS. The molecule has 0 spiro atoms. The monoisotopic (exact) mass is 404 g/mol. The van der Waals surface area contributed by atoms with Gasteiger partial charge < -0.3 is 5.32 Å². The molecule has 1 aromatic heterocycles. The number of aromatic nitrogens is 1. The number of hydrogen-bond donors (Lipinski definition) is 1. The lowest BCUT2D eigenvalue weighted by atomic mass is 10.2. The Morgan fingerprint density at radius 1 is 1.25 bits per heavy atom. The number of rotatable bonds is 4. The first-order valence-electron chi connectivity index (χ1n) is 7.27. The predicted molar refractivity (Wildman–Crippen MR) is 98.7 cm³/mol. The summed E-state index contributed by atoms with van der Waals surface area (Å²) in [5.41, 5.74) is 3.39. The van der Waals surface area contributed by atoms with Crippen molar-refractivity contribution < 1.29 is 9.18 Å². The molecule has 1 amide bonds. The van der Waals surface area contributed by atoms with Gasteiger partial charge >= 0.3 is 0 Å². The van der Waals surface area contributed by atoms with Crippen LogP contribution in [0.2, 0.25) is 0 Å². The molecule has 0 unspecified atom stereocenters. The van der Waals surface area contributed by atoms with Crippen molar-refractivity contribution in [2.24, 2.45) is 0 Å². The molecule has 122 valence electrons. The number of anilines is 1. The highest BCUT2D eigenvalue weighted by Gasteiger charge is 2.11. The van der Waals surface area contributed by atoms with Crippen LogP contribution in [0.5, 0.6) is 0 Å². The molecule has 0 saturated carbocycles. The molecule has 0 atom stereocenters. The van der Waals surface area contributed by atoms with Crippen molar-refractivity contribution in [2.75, 3.05) is 5.32 Å². The lowest BCUT2D eigenvalue weighted by molar-refractivity contribution is -0.115. The number of halogens is 2. The fourth-order valence-electron chi connectivity index (χ4n) is 2.19. The summed E-state index contributed by atoms with van der Waals surface area (Å²) in [4.78, 5) is 16.6. The van der Waals surface area contributed by atoms with Crippen LogP contribution in [0.3, 0.4) is 0 Å². The molecule has 0 radical (unpaired) electrons. The number of benzene rings is 2. The van der Waals surface area contributed by atoms with Crippen molar-refractivity contribution in [2.45, 2.75) is 13.3 Å². The summed E-state index contributed by atoms with van der Waals surface area (Å²) >= 11 is 4.88. The van der Waals surface area contributed by atoms with E-state index >= 15 is 0 Å². The topological polar surface area (TPSA) is 42.0 Å². The lowest BCUT2D eigenvalue weighted by Crippen LogP contribution is -2.15. The highest BCUT2D eigenvalue weighted by atomic mass is 79.9. The van der Waals surface area contributed by atoms with E-state index < -0.39 is 0 Å². The van der Waals surface area contributed by atoms with Gasteiger partial charge in [0, 0.05) is 15.4 Å². The maximum Gasteiger partial charge on any atom is 0.230 e. The standard InChI is InChI=1S/C18H14BrFN2OS/c1-11-2-7-16(15(19)8-11)22-17(23)9-14-10-24-18(21-14)12-3-5-13(20)6-4-12/h2-8,10H,9H2,1H3,(H,22,23). The van der Waals surface area contributed by atoms with Crippen molar-refractivity contribution in [1.82, 2.24) is 4.98 Å². The van der Waals surface area contributed by atoms with Gasteiger partial charge in [-0.05, 0) is 64.8 Å². The van der Waals surface area contributed by atoms with Gasteiger partial charge in [-0.1, -0.05) is 6.07 Å². The molecule has 0 aliphatic carbocycles. The average Bonchev–Trinajstić information content (AvgIpc) is 2.99. The third kappa shape index (κ3) is 4.07. The Morgan fingerprint density at radius 2 is 2.00 bits per heavy atom. The predicted octanol–water partition coefficient (Wildman–Crippen LogP) is 5.20. The molecule has 0 saturated heterocycles. The van der Waals surface area contributed by atoms with Gasteiger partial charge in [-0.15, -0.1) is 11.3 Å². The number of aryl methyl sites for hydroxylation is 1. The van der Waals surface area contributed by atoms with Gasteiger partial charge in [0.25, 0.3) is 0 Å². The second kappa shape index (κ2) is 7.23. The van der Waals surface area contributed by atoms with Crippen molar-refractivity contribution in [1.29, 1.82) is 0 Å². The van der Waals surface area contributed by atoms with E-state index in [0.29, 0.717) is 5.69 Å². The van der Waals surface area contributed by atoms with Gasteiger partial charge in [-0.2, -0.15) is 0 Å². The molecule has 0 fully saturated rings. The lowest BCUT2D eigenvalue weighted by Gasteiger charge is -2.07. The van der Waals surface area contributed by atoms with Crippen LogP contribution in [0.1, 0.15) is 11.3 Å². The van der Waals surface area contributed by atoms with E-state index in [1.165, 1.54) is 23.5 Å². The summed E-state index contributed by atoms with van der Waals surface area (Å²) in [6.07, 6.45) is 0.192. The number of carbonyl (C=O) groups excluding carboxylic acids is 1. The highest BCUT2D eigenvalue weighted by molar-refractivity contribution is 9.10. The van der Waals surface area contributed by atoms with Gasteiger partial charge in [0.2, 0.25) is 5.91 Å². The first kappa shape index (κ1) is 16.8. The number of nitrogens with zero attached hydrogens (tertiary/aromatic N) is 1. The van der Waals surface area contributed by atoms with Crippen LogP contribution in [0.15, 0.2) is 52.3 Å². The minimum Gasteiger partial charge on any atom is -0.325 e. The second-order valence-electron chi connectivity index (χ2n) is 5.36. The van der Waals surface area contributed by atoms with Crippen molar-refractivity contribution >= 4 is 38.9 Å². The Balaban J connectivity index is 1.68. The second-order valence-corrected chi connectivity index (χ2v) is 7.07. The van der Waals surface area contributed by atoms with Crippen LogP contribution in [0, 0.1) is 12.7 Å². The van der Waals surface area contributed by atoms with Gasteiger partial charge in [-0.3, -0.25) is 4.79 Å². The van der Waals surface area contributed by atoms with Crippen LogP contribution in [0.25, 0.3) is 10.6 Å². The minimum absolute atomic E-state index is 0.129. The molecule has 6 heteroatoms. The normalized spacial score (nSPS) is 10.6. The average molecular weight is 405 g/mol. The van der Waals surface area contributed by atoms with Crippen LogP contribution in [-0.2, 0) is 11.2 Å². The van der Waals surface area contributed by atoms with E-state index in [0.717, 1.165) is 26.3 Å². The zero-order valence-corrected chi connectivity index (χ0v) is 15.2. The fraction of sp³-hybridized carbons (Fsp3) is 0.111. The Bertz CT molecular complexity index is 877. The number of thiazole rings is 1. The molecule has 24 heavy (non-hydrogen) atoms. The smallest absolute Gasteiger partial charge is 0.230 e. The molecule has 0 bridgehead atoms. The van der Waals surface area contributed by atoms with Crippen LogP contribution in [0.4, 0.5) is 10.1 Å². The molecule has 0 aliphatic heterocycles. The van der Waals surface area contributed by atoms with E-state index in [1.54, 1.807) is 12.1 Å². The Hall–Kier alpha value is -2.05. The van der Waals surface area contributed by atoms with Crippen LogP contribution < -0.4 is 5.32 Å². The fourth-order valence-corrected chi connectivity index (χ4v) is 3.61. The van der Waals surface area contributed by atoms with E-state index in [2.05, 4.69) is 26.2 Å². The van der Waals surface area contributed by atoms with E-state index in [-0.39, 0.29) is 18.1 Å². The molecule has 3 aromatic rings. The Kier molecular flexibility index (Phi) is 5.06. The summed E-state index contributed by atoms with van der Waals surface area (Å²) in [7, 11) is 0. The maximum absolute atomic E-state index is 13.0. The van der Waals surface area contributed by atoms with Gasteiger partial charge in [-0.25, -0.2) is 9.37 Å². The number of nitrogens with one attached hydrogen (secondary N) is 1. The van der Waals surface area contributed by atoms with Gasteiger partial charge in [0.05, 0.1) is 17.8 Å². The zero-order chi connectivity index (χ0) is 17.1. The van der Waals surface area contributed by atoms with E-state index in [4.69, 9.17) is 0 Å². The number of carbonyl (C=O) groups is 1. The molecule has 2 aromatic carbocycles. The summed E-state index contributed by atoms with van der Waals surface area (Å²) in [5, 5.41) is 5.49. The molecule has 3 rings (SSSR count). The maximum atomic E-state index is 13.0. The van der Waals surface area contributed by atoms with Crippen LogP contribution in [-0.4, -0.2) is 10.9 Å². The van der Waals surface area contributed by atoms with Gasteiger partial charge in [0.15, 0.2) is 0 Å². The van der Waals surface area contributed by atoms with E-state index in [1.807, 2.05) is 30.5 Å². The van der Waals surface area contributed by atoms with E-state index in [9.17, 15) is 9.18 Å². The molecule has 3 nitrogen and oxygen atoms in total. The highest BCUT2D eigenvalue weighted by Crippen LogP contribution is 2.25. The first-order chi connectivity index (χ1) is 11.5. The number of amides is 1. The summed E-state index contributed by atoms with van der Waals surface area (Å²) < 4.78 is 13.8. The van der Waals surface area contributed by atoms with Gasteiger partial charge in [0.1, 0.15) is 10.8 Å². The van der Waals surface area contributed by atoms with Crippen molar-refractivity contribution in [3.8, 4) is 10.6 Å². The van der Waals surface area contributed by atoms with Crippen molar-refractivity contribution in [3.05, 3.63) is 69.4 Å². The quantitative estimate of drug-likeness (QED) is 0.648. The summed E-state index contributed by atoms with van der Waals surface area (Å²) in [6.45, 7) is 1.99. The minimum atomic E-state index is -0.279. The molecular weight excluding hydrogens is 391 g/mol. The van der Waals surface area contributed by atoms with Crippen LogP contribution >= 0.6 is 27.3 Å². The third-order valence-electron chi connectivity index (χ3n) is 3.38. The zero-order valence-electron chi connectivity index (χ0n) is 12.8. The Morgan fingerprint density at radius 3 is 2.71 bits per heavy atom. The molecule has 0 aliphatic rings. The van der Waals surface area contributed by atoms with Crippen molar-refractivity contribution in [3.63, 3.8) is 0 Å². The Labute approximate surface area is 151 Å². The molecule has 1 N–H and O–H groups in total. The third-order valence-corrected chi connectivity index (χ3v) is 4.98.